The van der Waals surface area contributed by atoms with Crippen LogP contribution in [0.5, 0.6) is 0 Å². The number of pyridine rings is 1. The van der Waals surface area contributed by atoms with E-state index in [1.807, 2.05) is 13.0 Å². The maximum Gasteiger partial charge on any atom is 0.132 e. The molecule has 0 aliphatic rings. The minimum Gasteiger partial charge on any atom is -0.255 e. The lowest BCUT2D eigenvalue weighted by molar-refractivity contribution is 0.630. The second kappa shape index (κ2) is 4.11. The molecule has 0 bridgehead atoms. The van der Waals surface area contributed by atoms with E-state index >= 15 is 0 Å². The van der Waals surface area contributed by atoms with Crippen molar-refractivity contribution < 1.29 is 4.39 Å². The molecular weight excluding hydrogens is 257 g/mol. The highest BCUT2D eigenvalue weighted by atomic mass is 79.9. The van der Waals surface area contributed by atoms with Crippen LogP contribution in [0, 0.1) is 12.7 Å². The maximum absolute atomic E-state index is 13.5. The zero-order chi connectivity index (χ0) is 10.8. The fraction of sp³-hybridized carbons (Fsp3) is 0.0833. The second-order valence-corrected chi connectivity index (χ2v) is 4.26. The summed E-state index contributed by atoms with van der Waals surface area (Å²) in [6.07, 6.45) is 1.66. The molecule has 0 aliphatic heterocycles. The number of nitrogens with zero attached hydrogens (tertiary/aromatic N) is 1. The van der Waals surface area contributed by atoms with Crippen LogP contribution in [0.1, 0.15) is 5.56 Å². The number of rotatable bonds is 1. The Balaban J connectivity index is 2.53. The standard InChI is InChI=1S/C12H9BrFN/c1-8-2-4-11(14)10(6-8)12-5-3-9(13)7-15-12/h2-7H,1H3. The summed E-state index contributed by atoms with van der Waals surface area (Å²) in [6, 6.07) is 8.66. The zero-order valence-corrected chi connectivity index (χ0v) is 9.75. The van der Waals surface area contributed by atoms with Gasteiger partial charge in [0.05, 0.1) is 5.69 Å². The fourth-order valence-electron chi connectivity index (χ4n) is 1.37. The first-order chi connectivity index (χ1) is 7.16. The van der Waals surface area contributed by atoms with Gasteiger partial charge in [-0.15, -0.1) is 0 Å². The molecule has 76 valence electrons. The van der Waals surface area contributed by atoms with E-state index in [0.29, 0.717) is 11.3 Å². The van der Waals surface area contributed by atoms with Gasteiger partial charge < -0.3 is 0 Å². The van der Waals surface area contributed by atoms with Crippen LogP contribution in [-0.4, -0.2) is 4.98 Å². The Bertz CT molecular complexity index is 479. The van der Waals surface area contributed by atoms with Crippen molar-refractivity contribution >= 4 is 15.9 Å². The molecule has 1 heterocycles. The van der Waals surface area contributed by atoms with E-state index in [1.54, 1.807) is 24.4 Å². The van der Waals surface area contributed by atoms with Gasteiger partial charge in [0.2, 0.25) is 0 Å². The molecule has 1 nitrogen and oxygen atoms in total. The first-order valence-electron chi connectivity index (χ1n) is 4.55. The molecule has 0 radical (unpaired) electrons. The summed E-state index contributed by atoms with van der Waals surface area (Å²) in [4.78, 5) is 4.16. The average Bonchev–Trinajstić information content (AvgIpc) is 2.23. The van der Waals surface area contributed by atoms with E-state index in [4.69, 9.17) is 0 Å². The first-order valence-corrected chi connectivity index (χ1v) is 5.34. The van der Waals surface area contributed by atoms with Gasteiger partial charge in [0.25, 0.3) is 0 Å². The number of halogens is 2. The fourth-order valence-corrected chi connectivity index (χ4v) is 1.61. The van der Waals surface area contributed by atoms with Crippen LogP contribution in [-0.2, 0) is 0 Å². The average molecular weight is 266 g/mol. The summed E-state index contributed by atoms with van der Waals surface area (Å²) in [5.74, 6) is -0.240. The molecule has 3 heteroatoms. The van der Waals surface area contributed by atoms with Crippen molar-refractivity contribution in [3.8, 4) is 11.3 Å². The van der Waals surface area contributed by atoms with Gasteiger partial charge in [-0.25, -0.2) is 4.39 Å². The van der Waals surface area contributed by atoms with Crippen LogP contribution in [0.25, 0.3) is 11.3 Å². The molecule has 1 aromatic carbocycles. The van der Waals surface area contributed by atoms with Crippen LogP contribution in [0.2, 0.25) is 0 Å². The topological polar surface area (TPSA) is 12.9 Å². The highest BCUT2D eigenvalue weighted by Crippen LogP contribution is 2.22. The molecule has 0 spiro atoms. The molecule has 0 fully saturated rings. The summed E-state index contributed by atoms with van der Waals surface area (Å²) in [5.41, 5.74) is 2.22. The first kappa shape index (κ1) is 10.3. The van der Waals surface area contributed by atoms with E-state index in [9.17, 15) is 4.39 Å². The summed E-state index contributed by atoms with van der Waals surface area (Å²) in [6.45, 7) is 1.93. The quantitative estimate of drug-likeness (QED) is 0.761. The summed E-state index contributed by atoms with van der Waals surface area (Å²) >= 11 is 3.29. The van der Waals surface area contributed by atoms with Crippen LogP contribution in [0.3, 0.4) is 0 Å². The lowest BCUT2D eigenvalue weighted by Crippen LogP contribution is -1.88. The summed E-state index contributed by atoms with van der Waals surface area (Å²) in [5, 5.41) is 0. The Labute approximate surface area is 96.1 Å². The molecule has 0 saturated heterocycles. The second-order valence-electron chi connectivity index (χ2n) is 3.34. The molecule has 15 heavy (non-hydrogen) atoms. The van der Waals surface area contributed by atoms with Crippen LogP contribution in [0.15, 0.2) is 41.0 Å². The molecule has 1 aromatic heterocycles. The Morgan fingerprint density at radius 3 is 2.67 bits per heavy atom. The molecule has 0 N–H and O–H groups in total. The highest BCUT2D eigenvalue weighted by molar-refractivity contribution is 9.10. The largest absolute Gasteiger partial charge is 0.255 e. The Kier molecular flexibility index (Phi) is 2.82. The van der Waals surface area contributed by atoms with E-state index in [0.717, 1.165) is 10.0 Å². The van der Waals surface area contributed by atoms with Gasteiger partial charge >= 0.3 is 0 Å². The predicted octanol–water partition coefficient (Wildman–Crippen LogP) is 3.96. The lowest BCUT2D eigenvalue weighted by Gasteiger charge is -2.03. The van der Waals surface area contributed by atoms with Crippen molar-refractivity contribution in [1.29, 1.82) is 0 Å². The smallest absolute Gasteiger partial charge is 0.132 e. The Hall–Kier alpha value is -1.22. The minimum absolute atomic E-state index is 0.240. The number of aryl methyl sites for hydroxylation is 1. The van der Waals surface area contributed by atoms with E-state index in [2.05, 4.69) is 20.9 Å². The number of hydrogen-bond donors (Lipinski definition) is 0. The van der Waals surface area contributed by atoms with Gasteiger partial charge in [0.15, 0.2) is 0 Å². The van der Waals surface area contributed by atoms with Crippen molar-refractivity contribution in [2.45, 2.75) is 6.92 Å². The predicted molar refractivity (Wildman–Crippen MR) is 62.1 cm³/mol. The van der Waals surface area contributed by atoms with Gasteiger partial charge in [0, 0.05) is 16.2 Å². The third-order valence-electron chi connectivity index (χ3n) is 2.13. The van der Waals surface area contributed by atoms with Crippen molar-refractivity contribution in [3.63, 3.8) is 0 Å². The van der Waals surface area contributed by atoms with Crippen molar-refractivity contribution in [2.24, 2.45) is 0 Å². The van der Waals surface area contributed by atoms with Gasteiger partial charge in [0.1, 0.15) is 5.82 Å². The zero-order valence-electron chi connectivity index (χ0n) is 8.17. The van der Waals surface area contributed by atoms with Gasteiger partial charge in [-0.1, -0.05) is 11.6 Å². The van der Waals surface area contributed by atoms with Gasteiger partial charge in [-0.2, -0.15) is 0 Å². The maximum atomic E-state index is 13.5. The molecular formula is C12H9BrFN. The third kappa shape index (κ3) is 2.23. The normalized spacial score (nSPS) is 10.3. The van der Waals surface area contributed by atoms with Crippen molar-refractivity contribution in [2.75, 3.05) is 0 Å². The van der Waals surface area contributed by atoms with Crippen LogP contribution >= 0.6 is 15.9 Å². The molecule has 0 amide bonds. The van der Waals surface area contributed by atoms with Crippen LogP contribution < -0.4 is 0 Å². The monoisotopic (exact) mass is 265 g/mol. The third-order valence-corrected chi connectivity index (χ3v) is 2.59. The van der Waals surface area contributed by atoms with Gasteiger partial charge in [-0.05, 0) is 47.1 Å². The molecule has 2 rings (SSSR count). The number of aromatic nitrogens is 1. The van der Waals surface area contributed by atoms with E-state index in [1.165, 1.54) is 6.07 Å². The van der Waals surface area contributed by atoms with Gasteiger partial charge in [-0.3, -0.25) is 4.98 Å². The SMILES string of the molecule is Cc1ccc(F)c(-c2ccc(Br)cn2)c1. The van der Waals surface area contributed by atoms with Crippen molar-refractivity contribution in [3.05, 3.63) is 52.4 Å². The van der Waals surface area contributed by atoms with Crippen LogP contribution in [0.4, 0.5) is 4.39 Å². The van der Waals surface area contributed by atoms with Crippen molar-refractivity contribution in [1.82, 2.24) is 4.98 Å². The highest BCUT2D eigenvalue weighted by Gasteiger charge is 2.05. The molecule has 0 unspecified atom stereocenters. The Morgan fingerprint density at radius 2 is 2.00 bits per heavy atom. The molecule has 2 aromatic rings. The minimum atomic E-state index is -0.240. The number of hydrogen-bond acceptors (Lipinski definition) is 1. The summed E-state index contributed by atoms with van der Waals surface area (Å²) < 4.78 is 14.4. The Morgan fingerprint density at radius 1 is 1.20 bits per heavy atom. The molecule has 0 atom stereocenters. The van der Waals surface area contributed by atoms with E-state index in [-0.39, 0.29) is 5.82 Å². The molecule has 0 saturated carbocycles. The number of benzene rings is 1. The lowest BCUT2D eigenvalue weighted by atomic mass is 10.1. The van der Waals surface area contributed by atoms with E-state index < -0.39 is 0 Å². The molecule has 0 aliphatic carbocycles. The summed E-state index contributed by atoms with van der Waals surface area (Å²) in [7, 11) is 0.